The molecule has 2 aliphatic heterocycles. The number of carbonyl (C=O) groups is 2. The summed E-state index contributed by atoms with van der Waals surface area (Å²) in [5.41, 5.74) is 7.94. The van der Waals surface area contributed by atoms with Crippen molar-refractivity contribution in [1.29, 1.82) is 0 Å². The van der Waals surface area contributed by atoms with Crippen LogP contribution in [0.15, 0.2) is 24.3 Å². The standard InChI is InChI=1S/C17H23N3O3/c1-12(17(22)20-8-9-23-15(11-20)16(18)21)19-7-6-13-4-2-3-5-14(13)10-19/h2-5,12,15H,6-11H2,1H3,(H2,18,21). The first kappa shape index (κ1) is 16.0. The number of fused-ring (bicyclic) bond motifs is 1. The Hall–Kier alpha value is -1.92. The molecular formula is C17H23N3O3. The Kier molecular flexibility index (Phi) is 4.63. The molecule has 2 N–H and O–H groups in total. The maximum absolute atomic E-state index is 12.8. The van der Waals surface area contributed by atoms with Crippen molar-refractivity contribution in [3.8, 4) is 0 Å². The number of morpholine rings is 1. The van der Waals surface area contributed by atoms with Gasteiger partial charge in [0.15, 0.2) is 6.10 Å². The van der Waals surface area contributed by atoms with Crippen molar-refractivity contribution in [2.45, 2.75) is 32.0 Å². The molecule has 6 heteroatoms. The topological polar surface area (TPSA) is 75.9 Å². The zero-order chi connectivity index (χ0) is 16.4. The fourth-order valence-corrected chi connectivity index (χ4v) is 3.29. The summed E-state index contributed by atoms with van der Waals surface area (Å²) in [6, 6.07) is 8.15. The van der Waals surface area contributed by atoms with E-state index in [9.17, 15) is 9.59 Å². The Morgan fingerprint density at radius 1 is 1.26 bits per heavy atom. The first-order valence-electron chi connectivity index (χ1n) is 8.07. The summed E-state index contributed by atoms with van der Waals surface area (Å²) >= 11 is 0. The fraction of sp³-hybridized carbons (Fsp3) is 0.529. The minimum absolute atomic E-state index is 0.0407. The number of hydrogen-bond acceptors (Lipinski definition) is 4. The van der Waals surface area contributed by atoms with Crippen molar-refractivity contribution in [2.75, 3.05) is 26.2 Å². The van der Waals surface area contributed by atoms with Crippen LogP contribution < -0.4 is 5.73 Å². The maximum atomic E-state index is 12.8. The van der Waals surface area contributed by atoms with E-state index in [0.29, 0.717) is 13.2 Å². The zero-order valence-electron chi connectivity index (χ0n) is 13.4. The summed E-state index contributed by atoms with van der Waals surface area (Å²) in [4.78, 5) is 27.9. The lowest BCUT2D eigenvalue weighted by molar-refractivity contribution is -0.149. The SMILES string of the molecule is CC(C(=O)N1CCOC(C(N)=O)C1)N1CCc2ccccc2C1. The van der Waals surface area contributed by atoms with Crippen molar-refractivity contribution in [1.82, 2.24) is 9.80 Å². The number of amides is 2. The van der Waals surface area contributed by atoms with Crippen LogP contribution in [0.3, 0.4) is 0 Å². The van der Waals surface area contributed by atoms with E-state index in [1.54, 1.807) is 4.90 Å². The third-order valence-corrected chi connectivity index (χ3v) is 4.76. The van der Waals surface area contributed by atoms with Gasteiger partial charge in [0.05, 0.1) is 19.2 Å². The van der Waals surface area contributed by atoms with Gasteiger partial charge in [0.25, 0.3) is 0 Å². The van der Waals surface area contributed by atoms with Gasteiger partial charge in [-0.25, -0.2) is 0 Å². The molecule has 1 aromatic rings. The second-order valence-corrected chi connectivity index (χ2v) is 6.21. The first-order chi connectivity index (χ1) is 11.1. The molecule has 2 atom stereocenters. The Labute approximate surface area is 136 Å². The van der Waals surface area contributed by atoms with E-state index in [4.69, 9.17) is 10.5 Å². The van der Waals surface area contributed by atoms with Crippen molar-refractivity contribution >= 4 is 11.8 Å². The molecule has 0 aliphatic carbocycles. The molecule has 0 spiro atoms. The number of benzene rings is 1. The molecule has 2 amide bonds. The molecule has 0 bridgehead atoms. The lowest BCUT2D eigenvalue weighted by Gasteiger charge is -2.38. The molecule has 1 aromatic carbocycles. The molecule has 124 valence electrons. The van der Waals surface area contributed by atoms with Crippen molar-refractivity contribution < 1.29 is 14.3 Å². The van der Waals surface area contributed by atoms with Crippen LogP contribution in [-0.2, 0) is 27.3 Å². The monoisotopic (exact) mass is 317 g/mol. The molecule has 6 nitrogen and oxygen atoms in total. The van der Waals surface area contributed by atoms with E-state index < -0.39 is 12.0 Å². The van der Waals surface area contributed by atoms with Crippen LogP contribution in [0.5, 0.6) is 0 Å². The van der Waals surface area contributed by atoms with Gasteiger partial charge in [-0.15, -0.1) is 0 Å². The van der Waals surface area contributed by atoms with Gasteiger partial charge in [0.2, 0.25) is 11.8 Å². The van der Waals surface area contributed by atoms with Gasteiger partial charge in [-0.2, -0.15) is 0 Å². The Balaban J connectivity index is 1.65. The van der Waals surface area contributed by atoms with Crippen LogP contribution in [-0.4, -0.2) is 60.0 Å². The second-order valence-electron chi connectivity index (χ2n) is 6.21. The quantitative estimate of drug-likeness (QED) is 0.861. The molecule has 23 heavy (non-hydrogen) atoms. The number of carbonyl (C=O) groups excluding carboxylic acids is 2. The Morgan fingerprint density at radius 2 is 2.00 bits per heavy atom. The number of primary amides is 1. The summed E-state index contributed by atoms with van der Waals surface area (Å²) in [6.45, 7) is 4.71. The average Bonchev–Trinajstić information content (AvgIpc) is 2.60. The summed E-state index contributed by atoms with van der Waals surface area (Å²) in [6.07, 6.45) is 0.267. The van der Waals surface area contributed by atoms with Crippen molar-refractivity contribution in [2.24, 2.45) is 5.73 Å². The summed E-state index contributed by atoms with van der Waals surface area (Å²) in [7, 11) is 0. The van der Waals surface area contributed by atoms with Gasteiger partial charge in [-0.1, -0.05) is 24.3 Å². The van der Waals surface area contributed by atoms with Crippen LogP contribution >= 0.6 is 0 Å². The van der Waals surface area contributed by atoms with Crippen LogP contribution in [0.25, 0.3) is 0 Å². The largest absolute Gasteiger partial charge is 0.367 e. The van der Waals surface area contributed by atoms with E-state index in [-0.39, 0.29) is 18.5 Å². The fourth-order valence-electron chi connectivity index (χ4n) is 3.29. The van der Waals surface area contributed by atoms with E-state index in [2.05, 4.69) is 23.1 Å². The summed E-state index contributed by atoms with van der Waals surface area (Å²) in [5, 5.41) is 0. The lowest BCUT2D eigenvalue weighted by Crippen LogP contribution is -2.55. The van der Waals surface area contributed by atoms with Gasteiger partial charge >= 0.3 is 0 Å². The number of nitrogens with two attached hydrogens (primary N) is 1. The number of nitrogens with zero attached hydrogens (tertiary/aromatic N) is 2. The van der Waals surface area contributed by atoms with Crippen molar-refractivity contribution in [3.63, 3.8) is 0 Å². The van der Waals surface area contributed by atoms with Crippen LogP contribution in [0.2, 0.25) is 0 Å². The van der Waals surface area contributed by atoms with Gasteiger partial charge in [0.1, 0.15) is 0 Å². The Bertz CT molecular complexity index is 605. The number of hydrogen-bond donors (Lipinski definition) is 1. The summed E-state index contributed by atoms with van der Waals surface area (Å²) < 4.78 is 5.31. The molecule has 2 unspecified atom stereocenters. The van der Waals surface area contributed by atoms with Crippen LogP contribution in [0.4, 0.5) is 0 Å². The van der Waals surface area contributed by atoms with Crippen molar-refractivity contribution in [3.05, 3.63) is 35.4 Å². The molecule has 2 aliphatic rings. The summed E-state index contributed by atoms with van der Waals surface area (Å²) in [5.74, 6) is -0.471. The van der Waals surface area contributed by atoms with Crippen LogP contribution in [0.1, 0.15) is 18.1 Å². The highest BCUT2D eigenvalue weighted by Gasteiger charge is 2.33. The maximum Gasteiger partial charge on any atom is 0.248 e. The number of ether oxygens (including phenoxy) is 1. The number of rotatable bonds is 3. The Morgan fingerprint density at radius 3 is 2.74 bits per heavy atom. The van der Waals surface area contributed by atoms with E-state index in [1.165, 1.54) is 11.1 Å². The minimum atomic E-state index is -0.693. The lowest BCUT2D eigenvalue weighted by atomic mass is 9.98. The normalized spacial score (nSPS) is 23.2. The van der Waals surface area contributed by atoms with Gasteiger partial charge in [-0.3, -0.25) is 14.5 Å². The highest BCUT2D eigenvalue weighted by molar-refractivity contribution is 5.84. The van der Waals surface area contributed by atoms with Crippen LogP contribution in [0, 0.1) is 0 Å². The van der Waals surface area contributed by atoms with Gasteiger partial charge in [0, 0.05) is 19.6 Å². The predicted molar refractivity (Wildman–Crippen MR) is 85.5 cm³/mol. The zero-order valence-corrected chi connectivity index (χ0v) is 13.4. The van der Waals surface area contributed by atoms with E-state index >= 15 is 0 Å². The molecular weight excluding hydrogens is 294 g/mol. The highest BCUT2D eigenvalue weighted by Crippen LogP contribution is 2.21. The molecule has 1 fully saturated rings. The van der Waals surface area contributed by atoms with Gasteiger partial charge in [-0.05, 0) is 24.5 Å². The molecule has 0 saturated carbocycles. The molecule has 0 aromatic heterocycles. The highest BCUT2D eigenvalue weighted by atomic mass is 16.5. The molecule has 1 saturated heterocycles. The first-order valence-corrected chi connectivity index (χ1v) is 8.07. The molecule has 3 rings (SSSR count). The minimum Gasteiger partial charge on any atom is -0.367 e. The molecule has 2 heterocycles. The van der Waals surface area contributed by atoms with E-state index in [0.717, 1.165) is 19.5 Å². The van der Waals surface area contributed by atoms with E-state index in [1.807, 2.05) is 13.0 Å². The smallest absolute Gasteiger partial charge is 0.248 e. The third kappa shape index (κ3) is 3.38. The second kappa shape index (κ2) is 6.68. The molecule has 0 radical (unpaired) electrons. The third-order valence-electron chi connectivity index (χ3n) is 4.76. The van der Waals surface area contributed by atoms with Gasteiger partial charge < -0.3 is 15.4 Å². The predicted octanol–water partition coefficient (Wildman–Crippen LogP) is 0.146. The average molecular weight is 317 g/mol.